The molecule has 0 spiro atoms. The van der Waals surface area contributed by atoms with Crippen LogP contribution in [0.15, 0.2) is 22.7 Å². The lowest BCUT2D eigenvalue weighted by Gasteiger charge is -2.31. The number of halogens is 1. The molecule has 2 N–H and O–H groups in total. The highest BCUT2D eigenvalue weighted by Gasteiger charge is 2.34. The number of hydrogen-bond donors (Lipinski definition) is 2. The van der Waals surface area contributed by atoms with E-state index in [1.165, 1.54) is 0 Å². The van der Waals surface area contributed by atoms with Crippen LogP contribution in [0.1, 0.15) is 42.6 Å². The molecule has 1 aromatic carbocycles. The van der Waals surface area contributed by atoms with Gasteiger partial charge in [0, 0.05) is 9.86 Å². The summed E-state index contributed by atoms with van der Waals surface area (Å²) in [6, 6.07) is 7.90. The summed E-state index contributed by atoms with van der Waals surface area (Å²) < 4.78 is 0.887. The lowest BCUT2D eigenvalue weighted by Crippen LogP contribution is -2.48. The maximum Gasteiger partial charge on any atom is 0.273 e. The third-order valence-electron chi connectivity index (χ3n) is 4.01. The maximum atomic E-state index is 12.5. The van der Waals surface area contributed by atoms with Crippen LogP contribution >= 0.6 is 15.9 Å². The van der Waals surface area contributed by atoms with Crippen molar-refractivity contribution in [1.82, 2.24) is 15.5 Å². The van der Waals surface area contributed by atoms with Crippen molar-refractivity contribution in [3.63, 3.8) is 0 Å². The number of hydrogen-bond acceptors (Lipinski definition) is 3. The van der Waals surface area contributed by atoms with E-state index in [-0.39, 0.29) is 5.91 Å². The highest BCUT2D eigenvalue weighted by Crippen LogP contribution is 2.28. The van der Waals surface area contributed by atoms with Crippen LogP contribution in [0.5, 0.6) is 0 Å². The van der Waals surface area contributed by atoms with Gasteiger partial charge in [-0.3, -0.25) is 9.89 Å². The first-order valence-corrected chi connectivity index (χ1v) is 7.80. The van der Waals surface area contributed by atoms with Crippen LogP contribution < -0.4 is 5.32 Å². The van der Waals surface area contributed by atoms with E-state index >= 15 is 0 Å². The average Bonchev–Trinajstić information content (AvgIpc) is 2.91. The van der Waals surface area contributed by atoms with Gasteiger partial charge < -0.3 is 5.32 Å². The zero-order chi connectivity index (χ0) is 14.9. The molecule has 1 saturated carbocycles. The number of fused-ring (bicyclic) bond motifs is 1. The third kappa shape index (κ3) is 2.66. The molecule has 1 aliphatic carbocycles. The highest BCUT2D eigenvalue weighted by atomic mass is 79.9. The second-order valence-electron chi connectivity index (χ2n) is 5.47. The molecule has 0 radical (unpaired) electrons. The molecule has 21 heavy (non-hydrogen) atoms. The van der Waals surface area contributed by atoms with E-state index in [0.29, 0.717) is 18.5 Å². The first kappa shape index (κ1) is 14.1. The Balaban J connectivity index is 1.90. The Hall–Kier alpha value is -1.87. The number of carbonyl (C=O) groups is 1. The fraction of sp³-hybridized carbons (Fsp3) is 0.400. The van der Waals surface area contributed by atoms with E-state index in [9.17, 15) is 10.1 Å². The van der Waals surface area contributed by atoms with Crippen molar-refractivity contribution in [3.8, 4) is 6.07 Å². The molecule has 0 atom stereocenters. The Morgan fingerprint density at radius 3 is 2.86 bits per heavy atom. The fourth-order valence-corrected chi connectivity index (χ4v) is 3.22. The lowest BCUT2D eigenvalue weighted by molar-refractivity contribution is 0.0899. The van der Waals surface area contributed by atoms with Gasteiger partial charge in [-0.2, -0.15) is 10.4 Å². The van der Waals surface area contributed by atoms with Crippen molar-refractivity contribution in [2.24, 2.45) is 0 Å². The number of benzene rings is 1. The zero-order valence-corrected chi connectivity index (χ0v) is 13.0. The molecule has 1 aromatic heterocycles. The summed E-state index contributed by atoms with van der Waals surface area (Å²) in [5.74, 6) is -0.289. The average molecular weight is 347 g/mol. The molecule has 3 rings (SSSR count). The number of amides is 1. The molecule has 0 saturated heterocycles. The van der Waals surface area contributed by atoms with Crippen LogP contribution in [0, 0.1) is 11.3 Å². The third-order valence-corrected chi connectivity index (χ3v) is 4.51. The van der Waals surface area contributed by atoms with E-state index in [4.69, 9.17) is 0 Å². The molecule has 1 fully saturated rings. The second-order valence-corrected chi connectivity index (χ2v) is 6.39. The van der Waals surface area contributed by atoms with Crippen LogP contribution in [0.25, 0.3) is 10.9 Å². The number of rotatable bonds is 2. The van der Waals surface area contributed by atoms with E-state index in [1.807, 2.05) is 18.2 Å². The first-order valence-electron chi connectivity index (χ1n) is 7.01. The quantitative estimate of drug-likeness (QED) is 0.875. The first-order chi connectivity index (χ1) is 10.1. The number of nitrogens with one attached hydrogen (secondary N) is 2. The van der Waals surface area contributed by atoms with Gasteiger partial charge in [0.05, 0.1) is 11.6 Å². The second kappa shape index (κ2) is 5.49. The standard InChI is InChI=1S/C15H15BrN4O/c16-10-4-5-12-11(8-10)13(20-19-12)14(21)18-15(9-17)6-2-1-3-7-15/h4-5,8H,1-3,6-7H2,(H,18,21)(H,19,20). The Kier molecular flexibility index (Phi) is 3.68. The van der Waals surface area contributed by atoms with Crippen molar-refractivity contribution in [2.75, 3.05) is 0 Å². The minimum Gasteiger partial charge on any atom is -0.332 e. The van der Waals surface area contributed by atoms with Gasteiger partial charge in [-0.05, 0) is 31.0 Å². The van der Waals surface area contributed by atoms with Gasteiger partial charge in [0.25, 0.3) is 5.91 Å². The van der Waals surface area contributed by atoms with Crippen LogP contribution in [-0.4, -0.2) is 21.6 Å². The summed E-state index contributed by atoms with van der Waals surface area (Å²) in [6.07, 6.45) is 4.49. The molecule has 0 bridgehead atoms. The number of nitrogens with zero attached hydrogens (tertiary/aromatic N) is 2. The molecule has 108 valence electrons. The Morgan fingerprint density at radius 2 is 2.14 bits per heavy atom. The Bertz CT molecular complexity index is 725. The topological polar surface area (TPSA) is 81.6 Å². The minimum absolute atomic E-state index is 0.289. The largest absolute Gasteiger partial charge is 0.332 e. The number of nitriles is 1. The predicted octanol–water partition coefficient (Wildman–Crippen LogP) is 3.28. The summed E-state index contributed by atoms with van der Waals surface area (Å²) in [7, 11) is 0. The summed E-state index contributed by atoms with van der Waals surface area (Å²) in [5, 5.41) is 20.0. The van der Waals surface area contributed by atoms with Gasteiger partial charge in [0.1, 0.15) is 5.54 Å². The fourth-order valence-electron chi connectivity index (χ4n) is 2.86. The SMILES string of the molecule is N#CC1(NC(=O)c2n[nH]c3ccc(Br)cc23)CCCCC1. The Labute approximate surface area is 130 Å². The monoisotopic (exact) mass is 346 g/mol. The smallest absolute Gasteiger partial charge is 0.273 e. The summed E-state index contributed by atoms with van der Waals surface area (Å²) in [6.45, 7) is 0. The number of aromatic amines is 1. The molecule has 0 unspecified atom stereocenters. The van der Waals surface area contributed by atoms with Crippen molar-refractivity contribution < 1.29 is 4.79 Å². The van der Waals surface area contributed by atoms with Gasteiger partial charge >= 0.3 is 0 Å². The van der Waals surface area contributed by atoms with E-state index in [2.05, 4.69) is 37.5 Å². The molecule has 0 aliphatic heterocycles. The van der Waals surface area contributed by atoms with Gasteiger partial charge in [0.2, 0.25) is 0 Å². The molecule has 1 amide bonds. The zero-order valence-electron chi connectivity index (χ0n) is 11.4. The molecule has 1 heterocycles. The van der Waals surface area contributed by atoms with Gasteiger partial charge in [-0.1, -0.05) is 35.2 Å². The van der Waals surface area contributed by atoms with Crippen molar-refractivity contribution >= 4 is 32.7 Å². The predicted molar refractivity (Wildman–Crippen MR) is 82.7 cm³/mol. The molecule has 2 aromatic rings. The van der Waals surface area contributed by atoms with Crippen LogP contribution in [0.3, 0.4) is 0 Å². The van der Waals surface area contributed by atoms with Gasteiger partial charge in [-0.25, -0.2) is 0 Å². The minimum atomic E-state index is -0.743. The molecule has 6 heteroatoms. The Morgan fingerprint density at radius 1 is 1.38 bits per heavy atom. The van der Waals surface area contributed by atoms with Gasteiger partial charge in [-0.15, -0.1) is 0 Å². The van der Waals surface area contributed by atoms with E-state index < -0.39 is 5.54 Å². The maximum absolute atomic E-state index is 12.5. The van der Waals surface area contributed by atoms with Crippen LogP contribution in [0.4, 0.5) is 0 Å². The number of carbonyl (C=O) groups excluding carboxylic acids is 1. The molecule has 1 aliphatic rings. The van der Waals surface area contributed by atoms with Crippen molar-refractivity contribution in [1.29, 1.82) is 5.26 Å². The van der Waals surface area contributed by atoms with Crippen LogP contribution in [0.2, 0.25) is 0 Å². The van der Waals surface area contributed by atoms with Crippen LogP contribution in [-0.2, 0) is 0 Å². The van der Waals surface area contributed by atoms with Gasteiger partial charge in [0.15, 0.2) is 5.69 Å². The van der Waals surface area contributed by atoms with Crippen molar-refractivity contribution in [2.45, 2.75) is 37.6 Å². The summed E-state index contributed by atoms with van der Waals surface area (Å²) >= 11 is 3.40. The summed E-state index contributed by atoms with van der Waals surface area (Å²) in [5.41, 5.74) is 0.400. The van der Waals surface area contributed by atoms with E-state index in [1.54, 1.807) is 0 Å². The lowest BCUT2D eigenvalue weighted by atomic mass is 9.83. The highest BCUT2D eigenvalue weighted by molar-refractivity contribution is 9.10. The number of aromatic nitrogens is 2. The van der Waals surface area contributed by atoms with Crippen molar-refractivity contribution in [3.05, 3.63) is 28.4 Å². The molecular weight excluding hydrogens is 332 g/mol. The summed E-state index contributed by atoms with van der Waals surface area (Å²) in [4.78, 5) is 12.5. The number of H-pyrrole nitrogens is 1. The molecule has 5 nitrogen and oxygen atoms in total. The normalized spacial score (nSPS) is 17.3. The molecular formula is C15H15BrN4O. The van der Waals surface area contributed by atoms with E-state index in [0.717, 1.165) is 34.6 Å².